The number of carbonyl (C=O) groups excluding carboxylic acids is 1. The molecule has 3 N–H and O–H groups in total. The molecule has 0 radical (unpaired) electrons. The molecule has 0 aromatic carbocycles. The Morgan fingerprint density at radius 2 is 1.47 bits per heavy atom. The lowest BCUT2D eigenvalue weighted by Gasteiger charge is -2.30. The van der Waals surface area contributed by atoms with Crippen molar-refractivity contribution in [2.45, 2.75) is 34.1 Å². The standard InChI is InChI=1S/C11H19NO5/c1-10(2,6-11(3,4)9(16)17)8(15)12-5-7(13)14/h5-6H2,1-4H3,(H,12,15)(H,13,14)(H,16,17). The van der Waals surface area contributed by atoms with Crippen LogP contribution in [-0.4, -0.2) is 34.6 Å². The third-order valence-electron chi connectivity index (χ3n) is 2.48. The summed E-state index contributed by atoms with van der Waals surface area (Å²) < 4.78 is 0. The quantitative estimate of drug-likeness (QED) is 0.639. The molecule has 17 heavy (non-hydrogen) atoms. The van der Waals surface area contributed by atoms with Crippen LogP contribution in [0.5, 0.6) is 0 Å². The van der Waals surface area contributed by atoms with Crippen LogP contribution >= 0.6 is 0 Å². The summed E-state index contributed by atoms with van der Waals surface area (Å²) in [4.78, 5) is 33.0. The van der Waals surface area contributed by atoms with E-state index < -0.39 is 35.2 Å². The van der Waals surface area contributed by atoms with E-state index in [0.29, 0.717) is 0 Å². The highest BCUT2D eigenvalue weighted by molar-refractivity contribution is 5.86. The second-order valence-electron chi connectivity index (χ2n) is 5.33. The lowest BCUT2D eigenvalue weighted by atomic mass is 9.74. The summed E-state index contributed by atoms with van der Waals surface area (Å²) in [5, 5.41) is 19.7. The van der Waals surface area contributed by atoms with Crippen LogP contribution in [-0.2, 0) is 14.4 Å². The van der Waals surface area contributed by atoms with E-state index >= 15 is 0 Å². The second kappa shape index (κ2) is 5.16. The van der Waals surface area contributed by atoms with E-state index in [2.05, 4.69) is 5.32 Å². The minimum atomic E-state index is -1.13. The zero-order chi connectivity index (χ0) is 13.9. The first-order chi connectivity index (χ1) is 7.49. The van der Waals surface area contributed by atoms with Crippen molar-refractivity contribution in [2.24, 2.45) is 10.8 Å². The van der Waals surface area contributed by atoms with E-state index in [1.807, 2.05) is 0 Å². The summed E-state index contributed by atoms with van der Waals surface area (Å²) in [6, 6.07) is 0. The molecule has 0 saturated heterocycles. The average molecular weight is 245 g/mol. The van der Waals surface area contributed by atoms with E-state index in [0.717, 1.165) is 0 Å². The third-order valence-corrected chi connectivity index (χ3v) is 2.48. The van der Waals surface area contributed by atoms with Crippen LogP contribution in [0.1, 0.15) is 34.1 Å². The molecular weight excluding hydrogens is 226 g/mol. The maximum Gasteiger partial charge on any atom is 0.322 e. The van der Waals surface area contributed by atoms with Gasteiger partial charge in [-0.3, -0.25) is 14.4 Å². The Labute approximate surface area is 100 Å². The summed E-state index contributed by atoms with van der Waals surface area (Å²) in [6.45, 7) is 5.78. The zero-order valence-electron chi connectivity index (χ0n) is 10.5. The molecule has 0 saturated carbocycles. The maximum atomic E-state index is 11.7. The van der Waals surface area contributed by atoms with Gasteiger partial charge < -0.3 is 15.5 Å². The van der Waals surface area contributed by atoms with Crippen LogP contribution in [0.25, 0.3) is 0 Å². The molecule has 0 aliphatic rings. The Morgan fingerprint density at radius 3 is 1.82 bits per heavy atom. The minimum Gasteiger partial charge on any atom is -0.481 e. The van der Waals surface area contributed by atoms with Crippen LogP contribution < -0.4 is 5.32 Å². The predicted octanol–water partition coefficient (Wildman–Crippen LogP) is 0.714. The minimum absolute atomic E-state index is 0.126. The molecule has 1 amide bonds. The van der Waals surface area contributed by atoms with Gasteiger partial charge in [-0.15, -0.1) is 0 Å². The van der Waals surface area contributed by atoms with Crippen molar-refractivity contribution in [3.8, 4) is 0 Å². The fourth-order valence-corrected chi connectivity index (χ4v) is 1.66. The van der Waals surface area contributed by atoms with Crippen molar-refractivity contribution < 1.29 is 24.6 Å². The molecule has 98 valence electrons. The topological polar surface area (TPSA) is 104 Å². The second-order valence-corrected chi connectivity index (χ2v) is 5.33. The van der Waals surface area contributed by atoms with Crippen molar-refractivity contribution in [2.75, 3.05) is 6.54 Å². The molecule has 0 aliphatic carbocycles. The van der Waals surface area contributed by atoms with Gasteiger partial charge in [-0.25, -0.2) is 0 Å². The molecular formula is C11H19NO5. The smallest absolute Gasteiger partial charge is 0.322 e. The van der Waals surface area contributed by atoms with Crippen LogP contribution in [0.2, 0.25) is 0 Å². The number of aliphatic carboxylic acids is 2. The number of rotatable bonds is 6. The first kappa shape index (κ1) is 15.4. The van der Waals surface area contributed by atoms with Gasteiger partial charge in [0.05, 0.1) is 5.41 Å². The number of hydrogen-bond acceptors (Lipinski definition) is 3. The fourth-order valence-electron chi connectivity index (χ4n) is 1.66. The summed E-state index contributed by atoms with van der Waals surface area (Å²) in [7, 11) is 0. The Morgan fingerprint density at radius 1 is 1.00 bits per heavy atom. The van der Waals surface area contributed by atoms with Gasteiger partial charge in [-0.1, -0.05) is 13.8 Å². The highest BCUT2D eigenvalue weighted by Crippen LogP contribution is 2.33. The van der Waals surface area contributed by atoms with Crippen molar-refractivity contribution >= 4 is 17.8 Å². The molecule has 0 aromatic heterocycles. The number of carbonyl (C=O) groups is 3. The van der Waals surface area contributed by atoms with Crippen molar-refractivity contribution in [3.05, 3.63) is 0 Å². The van der Waals surface area contributed by atoms with Gasteiger partial charge in [0, 0.05) is 5.41 Å². The summed E-state index contributed by atoms with van der Waals surface area (Å²) in [5.41, 5.74) is -1.97. The predicted molar refractivity (Wildman–Crippen MR) is 60.5 cm³/mol. The lowest BCUT2D eigenvalue weighted by Crippen LogP contribution is -2.43. The van der Waals surface area contributed by atoms with Gasteiger partial charge in [0.1, 0.15) is 6.54 Å². The lowest BCUT2D eigenvalue weighted by molar-refractivity contribution is -0.150. The van der Waals surface area contributed by atoms with Crippen LogP contribution in [0.15, 0.2) is 0 Å². The monoisotopic (exact) mass is 245 g/mol. The van der Waals surface area contributed by atoms with Crippen molar-refractivity contribution in [3.63, 3.8) is 0 Å². The van der Waals surface area contributed by atoms with Gasteiger partial charge in [-0.05, 0) is 20.3 Å². The highest BCUT2D eigenvalue weighted by Gasteiger charge is 2.38. The molecule has 0 heterocycles. The van der Waals surface area contributed by atoms with Gasteiger partial charge >= 0.3 is 11.9 Å². The van der Waals surface area contributed by atoms with Crippen LogP contribution in [0, 0.1) is 10.8 Å². The van der Waals surface area contributed by atoms with Gasteiger partial charge in [0.25, 0.3) is 0 Å². The van der Waals surface area contributed by atoms with E-state index in [4.69, 9.17) is 10.2 Å². The molecule has 0 atom stereocenters. The Hall–Kier alpha value is -1.59. The zero-order valence-corrected chi connectivity index (χ0v) is 10.5. The Balaban J connectivity index is 4.62. The first-order valence-corrected chi connectivity index (χ1v) is 5.22. The summed E-state index contributed by atoms with van der Waals surface area (Å²) in [6.07, 6.45) is 0.126. The maximum absolute atomic E-state index is 11.7. The molecule has 6 nitrogen and oxygen atoms in total. The first-order valence-electron chi connectivity index (χ1n) is 5.22. The molecule has 0 bridgehead atoms. The van der Waals surface area contributed by atoms with E-state index in [9.17, 15) is 14.4 Å². The molecule has 6 heteroatoms. The summed E-state index contributed by atoms with van der Waals surface area (Å²) in [5.74, 6) is -2.59. The molecule has 0 spiro atoms. The van der Waals surface area contributed by atoms with Gasteiger partial charge in [-0.2, -0.15) is 0 Å². The summed E-state index contributed by atoms with van der Waals surface area (Å²) >= 11 is 0. The number of nitrogens with one attached hydrogen (secondary N) is 1. The Kier molecular flexibility index (Phi) is 4.68. The molecule has 0 aliphatic heterocycles. The van der Waals surface area contributed by atoms with Crippen molar-refractivity contribution in [1.29, 1.82) is 0 Å². The molecule has 0 unspecified atom stereocenters. The molecule has 0 fully saturated rings. The number of carboxylic acids is 2. The largest absolute Gasteiger partial charge is 0.481 e. The number of amides is 1. The fraction of sp³-hybridized carbons (Fsp3) is 0.727. The third kappa shape index (κ3) is 4.84. The number of hydrogen-bond donors (Lipinski definition) is 3. The van der Waals surface area contributed by atoms with Crippen molar-refractivity contribution in [1.82, 2.24) is 5.32 Å². The van der Waals surface area contributed by atoms with Gasteiger partial charge in [0.2, 0.25) is 5.91 Å². The highest BCUT2D eigenvalue weighted by atomic mass is 16.4. The molecule has 0 aromatic rings. The molecule has 0 rings (SSSR count). The number of carboxylic acid groups (broad SMARTS) is 2. The van der Waals surface area contributed by atoms with E-state index in [1.165, 1.54) is 13.8 Å². The normalized spacial score (nSPS) is 12.0. The Bertz CT molecular complexity index is 333. The average Bonchev–Trinajstić information content (AvgIpc) is 2.11. The van der Waals surface area contributed by atoms with E-state index in [-0.39, 0.29) is 6.42 Å². The SMILES string of the molecule is CC(C)(CC(C)(C)C(=O)NCC(=O)O)C(=O)O. The van der Waals surface area contributed by atoms with Gasteiger partial charge in [0.15, 0.2) is 0 Å². The van der Waals surface area contributed by atoms with Crippen LogP contribution in [0.4, 0.5) is 0 Å². The van der Waals surface area contributed by atoms with Crippen LogP contribution in [0.3, 0.4) is 0 Å². The van der Waals surface area contributed by atoms with E-state index in [1.54, 1.807) is 13.8 Å².